The number of aliphatic hydroxyl groups is 1. The zero-order chi connectivity index (χ0) is 7.98. The summed E-state index contributed by atoms with van der Waals surface area (Å²) in [6.45, 7) is 6.58. The van der Waals surface area contributed by atoms with E-state index in [1.165, 1.54) is 0 Å². The van der Waals surface area contributed by atoms with Crippen LogP contribution < -0.4 is 0 Å². The lowest BCUT2D eigenvalue weighted by atomic mass is 10.1. The Balaban J connectivity index is 3.39. The van der Waals surface area contributed by atoms with E-state index in [0.717, 1.165) is 19.4 Å². The largest absolute Gasteiger partial charge is 0.393 e. The van der Waals surface area contributed by atoms with Crippen molar-refractivity contribution >= 4 is 0 Å². The van der Waals surface area contributed by atoms with Gasteiger partial charge in [0.2, 0.25) is 0 Å². The summed E-state index contributed by atoms with van der Waals surface area (Å²) < 4.78 is 5.34. The molecule has 0 spiro atoms. The van der Waals surface area contributed by atoms with Gasteiger partial charge in [-0.25, -0.2) is 0 Å². The van der Waals surface area contributed by atoms with Gasteiger partial charge in [0, 0.05) is 6.61 Å². The van der Waals surface area contributed by atoms with Gasteiger partial charge in [-0.15, -0.1) is 0 Å². The quantitative estimate of drug-likeness (QED) is 0.638. The molecule has 0 rings (SSSR count). The van der Waals surface area contributed by atoms with Crippen molar-refractivity contribution in [2.45, 2.75) is 45.8 Å². The van der Waals surface area contributed by atoms with Gasteiger partial charge in [-0.05, 0) is 26.7 Å². The summed E-state index contributed by atoms with van der Waals surface area (Å²) in [7, 11) is 0. The molecular weight excluding hydrogens is 128 g/mol. The Bertz CT molecular complexity index is 71.7. The first-order valence-electron chi connectivity index (χ1n) is 4.00. The molecule has 0 saturated carbocycles. The summed E-state index contributed by atoms with van der Waals surface area (Å²) in [5, 5.41) is 9.00. The number of hydrogen-bond donors (Lipinski definition) is 1. The van der Waals surface area contributed by atoms with E-state index in [9.17, 15) is 0 Å². The Labute approximate surface area is 63.2 Å². The molecule has 0 aliphatic heterocycles. The Morgan fingerprint density at radius 1 is 1.40 bits per heavy atom. The van der Waals surface area contributed by atoms with E-state index in [1.807, 2.05) is 6.92 Å². The molecule has 62 valence electrons. The third-order valence-corrected chi connectivity index (χ3v) is 1.46. The van der Waals surface area contributed by atoms with Crippen LogP contribution in [-0.4, -0.2) is 23.9 Å². The maximum absolute atomic E-state index is 9.00. The van der Waals surface area contributed by atoms with Gasteiger partial charge in [-0.1, -0.05) is 6.92 Å². The highest BCUT2D eigenvalue weighted by Crippen LogP contribution is 2.05. The number of hydrogen-bond acceptors (Lipinski definition) is 2. The van der Waals surface area contributed by atoms with Gasteiger partial charge in [0.25, 0.3) is 0 Å². The SMILES string of the molecule is CCOC(CC)CC(C)O. The van der Waals surface area contributed by atoms with Crippen molar-refractivity contribution < 1.29 is 9.84 Å². The second-order valence-electron chi connectivity index (χ2n) is 2.57. The number of ether oxygens (including phenoxy) is 1. The first kappa shape index (κ1) is 9.92. The second-order valence-corrected chi connectivity index (χ2v) is 2.57. The van der Waals surface area contributed by atoms with Gasteiger partial charge in [0.15, 0.2) is 0 Å². The Morgan fingerprint density at radius 3 is 2.30 bits per heavy atom. The van der Waals surface area contributed by atoms with Crippen LogP contribution in [0.15, 0.2) is 0 Å². The van der Waals surface area contributed by atoms with E-state index in [-0.39, 0.29) is 12.2 Å². The van der Waals surface area contributed by atoms with Crippen LogP contribution in [0.3, 0.4) is 0 Å². The predicted molar refractivity (Wildman–Crippen MR) is 42.0 cm³/mol. The summed E-state index contributed by atoms with van der Waals surface area (Å²) in [4.78, 5) is 0. The van der Waals surface area contributed by atoms with Gasteiger partial charge < -0.3 is 9.84 Å². The zero-order valence-corrected chi connectivity index (χ0v) is 7.13. The molecule has 0 aliphatic rings. The smallest absolute Gasteiger partial charge is 0.0596 e. The van der Waals surface area contributed by atoms with Gasteiger partial charge in [0.1, 0.15) is 0 Å². The highest BCUT2D eigenvalue weighted by atomic mass is 16.5. The van der Waals surface area contributed by atoms with Crippen LogP contribution in [0.25, 0.3) is 0 Å². The highest BCUT2D eigenvalue weighted by Gasteiger charge is 2.07. The molecule has 2 unspecified atom stereocenters. The van der Waals surface area contributed by atoms with Crippen LogP contribution >= 0.6 is 0 Å². The highest BCUT2D eigenvalue weighted by molar-refractivity contribution is 4.58. The summed E-state index contributed by atoms with van der Waals surface area (Å²) in [6, 6.07) is 0. The topological polar surface area (TPSA) is 29.5 Å². The van der Waals surface area contributed by atoms with Crippen LogP contribution in [0.5, 0.6) is 0 Å². The molecule has 0 amide bonds. The van der Waals surface area contributed by atoms with Crippen molar-refractivity contribution in [1.82, 2.24) is 0 Å². The van der Waals surface area contributed by atoms with Crippen molar-refractivity contribution in [3.63, 3.8) is 0 Å². The minimum atomic E-state index is -0.239. The molecule has 0 aromatic rings. The van der Waals surface area contributed by atoms with Crippen LogP contribution in [0.2, 0.25) is 0 Å². The lowest BCUT2D eigenvalue weighted by Gasteiger charge is -2.15. The van der Waals surface area contributed by atoms with Gasteiger partial charge in [0.05, 0.1) is 12.2 Å². The van der Waals surface area contributed by atoms with E-state index in [1.54, 1.807) is 6.92 Å². The van der Waals surface area contributed by atoms with Crippen LogP contribution in [-0.2, 0) is 4.74 Å². The summed E-state index contributed by atoms with van der Waals surface area (Å²) in [6.07, 6.45) is 1.74. The third kappa shape index (κ3) is 4.77. The summed E-state index contributed by atoms with van der Waals surface area (Å²) in [5.74, 6) is 0. The molecule has 10 heavy (non-hydrogen) atoms. The van der Waals surface area contributed by atoms with E-state index < -0.39 is 0 Å². The van der Waals surface area contributed by atoms with Gasteiger partial charge >= 0.3 is 0 Å². The standard InChI is InChI=1S/C8H18O2/c1-4-8(10-5-2)6-7(3)9/h7-9H,4-6H2,1-3H3. The molecule has 0 aliphatic carbocycles. The van der Waals surface area contributed by atoms with E-state index in [4.69, 9.17) is 9.84 Å². The lowest BCUT2D eigenvalue weighted by Crippen LogP contribution is -2.17. The average molecular weight is 146 g/mol. The molecule has 2 nitrogen and oxygen atoms in total. The fourth-order valence-corrected chi connectivity index (χ4v) is 0.969. The normalized spacial score (nSPS) is 16.8. The minimum absolute atomic E-state index is 0.239. The molecule has 0 aromatic carbocycles. The van der Waals surface area contributed by atoms with E-state index >= 15 is 0 Å². The maximum Gasteiger partial charge on any atom is 0.0596 e. The van der Waals surface area contributed by atoms with Crippen molar-refractivity contribution in [3.8, 4) is 0 Å². The molecular formula is C8H18O2. The minimum Gasteiger partial charge on any atom is -0.393 e. The first-order valence-corrected chi connectivity index (χ1v) is 4.00. The van der Waals surface area contributed by atoms with Crippen LogP contribution in [0.4, 0.5) is 0 Å². The van der Waals surface area contributed by atoms with Gasteiger partial charge in [-0.3, -0.25) is 0 Å². The number of rotatable bonds is 5. The van der Waals surface area contributed by atoms with Gasteiger partial charge in [-0.2, -0.15) is 0 Å². The summed E-state index contributed by atoms with van der Waals surface area (Å²) >= 11 is 0. The molecule has 0 fully saturated rings. The van der Waals surface area contributed by atoms with Crippen LogP contribution in [0.1, 0.15) is 33.6 Å². The van der Waals surface area contributed by atoms with Crippen molar-refractivity contribution in [3.05, 3.63) is 0 Å². The maximum atomic E-state index is 9.00. The second kappa shape index (κ2) is 5.69. The molecule has 2 heteroatoms. The lowest BCUT2D eigenvalue weighted by molar-refractivity contribution is 0.0229. The fourth-order valence-electron chi connectivity index (χ4n) is 0.969. The Kier molecular flexibility index (Phi) is 5.64. The Hall–Kier alpha value is -0.0800. The molecule has 0 saturated heterocycles. The number of aliphatic hydroxyl groups excluding tert-OH is 1. The zero-order valence-electron chi connectivity index (χ0n) is 7.13. The van der Waals surface area contributed by atoms with Crippen molar-refractivity contribution in [1.29, 1.82) is 0 Å². The Morgan fingerprint density at radius 2 is 2.00 bits per heavy atom. The fraction of sp³-hybridized carbons (Fsp3) is 1.00. The van der Waals surface area contributed by atoms with Crippen molar-refractivity contribution in [2.75, 3.05) is 6.61 Å². The molecule has 1 N–H and O–H groups in total. The predicted octanol–water partition coefficient (Wildman–Crippen LogP) is 1.57. The molecule has 0 heterocycles. The van der Waals surface area contributed by atoms with Crippen LogP contribution in [0, 0.1) is 0 Å². The van der Waals surface area contributed by atoms with E-state index in [2.05, 4.69) is 6.92 Å². The molecule has 0 aromatic heterocycles. The van der Waals surface area contributed by atoms with E-state index in [0.29, 0.717) is 0 Å². The third-order valence-electron chi connectivity index (χ3n) is 1.46. The summed E-state index contributed by atoms with van der Waals surface area (Å²) in [5.41, 5.74) is 0. The average Bonchev–Trinajstić information content (AvgIpc) is 1.86. The van der Waals surface area contributed by atoms with Crippen molar-refractivity contribution in [2.24, 2.45) is 0 Å². The monoisotopic (exact) mass is 146 g/mol. The first-order chi connectivity index (χ1) is 4.70. The molecule has 2 atom stereocenters. The molecule has 0 bridgehead atoms. The molecule has 0 radical (unpaired) electrons.